The Morgan fingerprint density at radius 2 is 1.46 bits per heavy atom. The van der Waals surface area contributed by atoms with Gasteiger partial charge in [-0.25, -0.2) is 14.4 Å². The van der Waals surface area contributed by atoms with Crippen LogP contribution in [0.4, 0.5) is 9.59 Å². The second-order valence-corrected chi connectivity index (χ2v) is 13.4. The maximum atomic E-state index is 13.8. The molecule has 15 nitrogen and oxygen atoms in total. The normalized spacial score (nSPS) is 15.4. The molecule has 15 heteroatoms. The zero-order chi connectivity index (χ0) is 38.4. The molecule has 1 aliphatic rings. The van der Waals surface area contributed by atoms with E-state index in [4.69, 9.17) is 29.4 Å². The summed E-state index contributed by atoms with van der Waals surface area (Å²) >= 11 is 0. The van der Waals surface area contributed by atoms with Crippen LogP contribution in [-0.4, -0.2) is 85.0 Å². The summed E-state index contributed by atoms with van der Waals surface area (Å²) in [5.41, 5.74) is 5.39. The number of nitrogens with one attached hydrogen (secondary N) is 2. The first-order chi connectivity index (χ1) is 24.6. The molecule has 1 heterocycles. The van der Waals surface area contributed by atoms with Crippen molar-refractivity contribution < 1.29 is 52.5 Å². The van der Waals surface area contributed by atoms with Crippen LogP contribution in [0.1, 0.15) is 65.9 Å². The zero-order valence-corrected chi connectivity index (χ0v) is 30.5. The molecule has 0 aromatic heterocycles. The van der Waals surface area contributed by atoms with Crippen molar-refractivity contribution in [3.63, 3.8) is 0 Å². The first-order valence-electron chi connectivity index (χ1n) is 17.3. The van der Waals surface area contributed by atoms with E-state index in [0.29, 0.717) is 11.5 Å². The van der Waals surface area contributed by atoms with Gasteiger partial charge in [0.25, 0.3) is 5.91 Å². The summed E-state index contributed by atoms with van der Waals surface area (Å²) in [7, 11) is 0. The number of hydrogen-bond donors (Lipinski definition) is 3. The summed E-state index contributed by atoms with van der Waals surface area (Å²) in [5.74, 6) is -2.27. The number of carbonyl (C=O) groups is 6. The number of amides is 4. The number of nitrogens with two attached hydrogens (primary N) is 1. The van der Waals surface area contributed by atoms with Crippen molar-refractivity contribution in [2.24, 2.45) is 17.1 Å². The van der Waals surface area contributed by atoms with Crippen LogP contribution in [0, 0.1) is 18.3 Å². The highest BCUT2D eigenvalue weighted by atomic mass is 16.8. The number of nitrogens with zero attached hydrogens (tertiary/aromatic N) is 1. The first kappa shape index (κ1) is 41.1. The molecule has 4 amide bonds. The Balaban J connectivity index is 1.79. The van der Waals surface area contributed by atoms with E-state index in [-0.39, 0.29) is 51.3 Å². The van der Waals surface area contributed by atoms with Crippen molar-refractivity contribution in [2.45, 2.75) is 91.7 Å². The summed E-state index contributed by atoms with van der Waals surface area (Å²) in [6.07, 6.45) is -3.65. The summed E-state index contributed by atoms with van der Waals surface area (Å²) in [6, 6.07) is 13.1. The molecule has 0 spiro atoms. The summed E-state index contributed by atoms with van der Waals surface area (Å²) in [6.45, 7) is 9.82. The fraction of sp³-hybridized carbons (Fsp3) is 0.514. The number of esters is 1. The van der Waals surface area contributed by atoms with Gasteiger partial charge in [-0.3, -0.25) is 14.4 Å². The van der Waals surface area contributed by atoms with Gasteiger partial charge in [0.05, 0.1) is 11.5 Å². The SMILES string of the molecule is Cc1ccccc1OCC(=O)NC(CC(C)C)C(=O)N[C@@H](CC1(C(N)=O)CCN(C(=O)Oc2ccccc2)CC1)C(=O)OC(C)OC(=O)OC(C)C. The number of rotatable bonds is 16. The first-order valence-corrected chi connectivity index (χ1v) is 17.3. The zero-order valence-electron chi connectivity index (χ0n) is 30.5. The molecule has 3 atom stereocenters. The molecule has 2 unspecified atom stereocenters. The Labute approximate surface area is 303 Å². The maximum absolute atomic E-state index is 13.8. The predicted octanol–water partition coefficient (Wildman–Crippen LogP) is 4.00. The molecule has 52 heavy (non-hydrogen) atoms. The Morgan fingerprint density at radius 1 is 0.827 bits per heavy atom. The standard InChI is InChI=1S/C37H50N4O11/c1-23(2)20-28(39-31(42)22-48-30-15-11-10-12-25(30)5)32(43)40-29(33(44)50-26(6)51-36(47)49-24(3)4)21-37(34(38)45)16-18-41(19-17-37)35(46)52-27-13-8-7-9-14-27/h7-15,23-24,26,28-29H,16-22H2,1-6H3,(H2,38,45)(H,39,42)(H,40,43)/t26?,28?,29-/m0/s1. The monoisotopic (exact) mass is 726 g/mol. The molecule has 3 rings (SSSR count). The van der Waals surface area contributed by atoms with Crippen LogP contribution in [0.25, 0.3) is 0 Å². The Hall–Kier alpha value is -5.34. The number of carbonyl (C=O) groups excluding carboxylic acids is 6. The van der Waals surface area contributed by atoms with E-state index in [1.807, 2.05) is 32.9 Å². The number of para-hydroxylation sites is 2. The van der Waals surface area contributed by atoms with Crippen LogP contribution in [0.3, 0.4) is 0 Å². The Kier molecular flexibility index (Phi) is 15.3. The van der Waals surface area contributed by atoms with Crippen LogP contribution in [0.15, 0.2) is 54.6 Å². The molecule has 0 saturated carbocycles. The minimum Gasteiger partial charge on any atom is -0.484 e. The fourth-order valence-electron chi connectivity index (χ4n) is 5.60. The largest absolute Gasteiger partial charge is 0.511 e. The summed E-state index contributed by atoms with van der Waals surface area (Å²) in [4.78, 5) is 79.8. The third-order valence-corrected chi connectivity index (χ3v) is 8.33. The average molecular weight is 727 g/mol. The number of primary amides is 1. The Bertz CT molecular complexity index is 1540. The van der Waals surface area contributed by atoms with Crippen molar-refractivity contribution in [1.82, 2.24) is 15.5 Å². The van der Waals surface area contributed by atoms with Crippen LogP contribution < -0.4 is 25.8 Å². The summed E-state index contributed by atoms with van der Waals surface area (Å²) in [5, 5.41) is 5.32. The Morgan fingerprint density at radius 3 is 2.06 bits per heavy atom. The molecular weight excluding hydrogens is 676 g/mol. The number of piperidine rings is 1. The van der Waals surface area contributed by atoms with Crippen molar-refractivity contribution >= 4 is 35.9 Å². The molecule has 0 aliphatic carbocycles. The fourth-order valence-corrected chi connectivity index (χ4v) is 5.60. The van der Waals surface area contributed by atoms with E-state index in [2.05, 4.69) is 10.6 Å². The lowest BCUT2D eigenvalue weighted by atomic mass is 9.73. The molecule has 0 radical (unpaired) electrons. The van der Waals surface area contributed by atoms with Gasteiger partial charge in [0.1, 0.15) is 23.6 Å². The molecule has 4 N–H and O–H groups in total. The van der Waals surface area contributed by atoms with Gasteiger partial charge in [0.15, 0.2) is 6.61 Å². The van der Waals surface area contributed by atoms with Gasteiger partial charge >= 0.3 is 18.2 Å². The molecule has 1 saturated heterocycles. The van der Waals surface area contributed by atoms with E-state index >= 15 is 0 Å². The number of ether oxygens (including phenoxy) is 5. The van der Waals surface area contributed by atoms with Gasteiger partial charge < -0.3 is 45.0 Å². The maximum Gasteiger partial charge on any atom is 0.511 e. The van der Waals surface area contributed by atoms with Gasteiger partial charge in [-0.15, -0.1) is 0 Å². The highest BCUT2D eigenvalue weighted by Gasteiger charge is 2.45. The molecule has 2 aromatic rings. The lowest BCUT2D eigenvalue weighted by Crippen LogP contribution is -2.57. The van der Waals surface area contributed by atoms with E-state index < -0.39 is 65.8 Å². The van der Waals surface area contributed by atoms with E-state index in [1.165, 1.54) is 11.8 Å². The van der Waals surface area contributed by atoms with Gasteiger partial charge in [-0.05, 0) is 76.1 Å². The molecule has 0 bridgehead atoms. The highest BCUT2D eigenvalue weighted by Crippen LogP contribution is 2.37. The smallest absolute Gasteiger partial charge is 0.484 e. The molecule has 1 fully saturated rings. The number of aryl methyl sites for hydroxylation is 1. The lowest BCUT2D eigenvalue weighted by Gasteiger charge is -2.40. The van der Waals surface area contributed by atoms with Crippen LogP contribution >= 0.6 is 0 Å². The highest BCUT2D eigenvalue weighted by molar-refractivity contribution is 5.92. The lowest BCUT2D eigenvalue weighted by molar-refractivity contribution is -0.173. The molecule has 284 valence electrons. The molecule has 2 aromatic carbocycles. The van der Waals surface area contributed by atoms with Crippen LogP contribution in [0.2, 0.25) is 0 Å². The number of likely N-dealkylation sites (tertiary alicyclic amines) is 1. The van der Waals surface area contributed by atoms with Crippen LogP contribution in [0.5, 0.6) is 11.5 Å². The van der Waals surface area contributed by atoms with E-state index in [0.717, 1.165) is 5.56 Å². The van der Waals surface area contributed by atoms with Crippen LogP contribution in [-0.2, 0) is 33.4 Å². The van der Waals surface area contributed by atoms with E-state index in [1.54, 1.807) is 56.3 Å². The van der Waals surface area contributed by atoms with Gasteiger partial charge in [-0.2, -0.15) is 0 Å². The van der Waals surface area contributed by atoms with Crippen molar-refractivity contribution in [3.8, 4) is 11.5 Å². The average Bonchev–Trinajstić information content (AvgIpc) is 3.07. The predicted molar refractivity (Wildman–Crippen MR) is 188 cm³/mol. The topological polar surface area (TPSA) is 202 Å². The van der Waals surface area contributed by atoms with Crippen molar-refractivity contribution in [1.29, 1.82) is 0 Å². The second kappa shape index (κ2) is 19.3. The van der Waals surface area contributed by atoms with Crippen molar-refractivity contribution in [2.75, 3.05) is 19.7 Å². The second-order valence-electron chi connectivity index (χ2n) is 13.4. The van der Waals surface area contributed by atoms with Gasteiger partial charge in [0, 0.05) is 20.0 Å². The van der Waals surface area contributed by atoms with E-state index in [9.17, 15) is 28.8 Å². The minimum atomic E-state index is -1.48. The molecule has 1 aliphatic heterocycles. The summed E-state index contributed by atoms with van der Waals surface area (Å²) < 4.78 is 26.4. The third-order valence-electron chi connectivity index (χ3n) is 8.33. The van der Waals surface area contributed by atoms with Gasteiger partial charge in [0.2, 0.25) is 18.1 Å². The minimum absolute atomic E-state index is 0.0427. The van der Waals surface area contributed by atoms with Gasteiger partial charge in [-0.1, -0.05) is 50.2 Å². The quantitative estimate of drug-likeness (QED) is 0.167. The number of hydrogen-bond acceptors (Lipinski definition) is 11. The third kappa shape index (κ3) is 12.8. The molecular formula is C37H50N4O11. The van der Waals surface area contributed by atoms with Crippen molar-refractivity contribution in [3.05, 3.63) is 60.2 Å². The number of benzene rings is 2.